The van der Waals surface area contributed by atoms with Gasteiger partial charge in [-0.05, 0) is 63.0 Å². The first-order valence-corrected chi connectivity index (χ1v) is 11.7. The Morgan fingerprint density at radius 3 is 2.94 bits per heavy atom. The number of hydrogen-bond acceptors (Lipinski definition) is 5. The summed E-state index contributed by atoms with van der Waals surface area (Å²) in [6, 6.07) is 2.95. The number of nitrogens with zero attached hydrogens (tertiary/aromatic N) is 3. The van der Waals surface area contributed by atoms with E-state index >= 15 is 4.39 Å². The number of nitrogen functional groups attached to an aromatic ring is 1. The summed E-state index contributed by atoms with van der Waals surface area (Å²) in [7, 11) is 0. The van der Waals surface area contributed by atoms with Crippen LogP contribution in [0.15, 0.2) is 18.3 Å². The molecule has 2 aliphatic carbocycles. The Morgan fingerprint density at radius 1 is 1.39 bits per heavy atom. The largest absolute Gasteiger partial charge is 0.436 e. The second-order valence-corrected chi connectivity index (χ2v) is 10.4. The third-order valence-electron chi connectivity index (χ3n) is 8.08. The van der Waals surface area contributed by atoms with Gasteiger partial charge >= 0.3 is 6.09 Å². The van der Waals surface area contributed by atoms with Crippen LogP contribution in [0.3, 0.4) is 0 Å². The monoisotopic (exact) mass is 473 g/mol. The number of likely N-dealkylation sites (tertiary alicyclic amines) is 1. The molecule has 2 amide bonds. The fourth-order valence-corrected chi connectivity index (χ4v) is 6.46. The number of amides is 2. The molecule has 33 heavy (non-hydrogen) atoms. The predicted octanol–water partition coefficient (Wildman–Crippen LogP) is 4.10. The summed E-state index contributed by atoms with van der Waals surface area (Å²) in [6.07, 6.45) is 5.09. The highest BCUT2D eigenvalue weighted by atomic mass is 35.5. The Hall–Kier alpha value is -2.81. The maximum Gasteiger partial charge on any atom is 0.412 e. The molecule has 10 heteroatoms. The van der Waals surface area contributed by atoms with Crippen LogP contribution in [-0.4, -0.2) is 39.8 Å². The molecule has 6 rings (SSSR count). The van der Waals surface area contributed by atoms with Gasteiger partial charge in [0.1, 0.15) is 11.4 Å². The average Bonchev–Trinajstić information content (AvgIpc) is 3.37. The summed E-state index contributed by atoms with van der Waals surface area (Å²) in [5, 5.41) is 6.98. The van der Waals surface area contributed by atoms with E-state index in [1.165, 1.54) is 18.7 Å². The van der Waals surface area contributed by atoms with E-state index in [9.17, 15) is 9.59 Å². The van der Waals surface area contributed by atoms with Gasteiger partial charge < -0.3 is 15.4 Å². The van der Waals surface area contributed by atoms with E-state index in [-0.39, 0.29) is 28.6 Å². The van der Waals surface area contributed by atoms with Crippen molar-refractivity contribution in [2.45, 2.75) is 50.2 Å². The molecule has 2 aliphatic heterocycles. The lowest BCUT2D eigenvalue weighted by molar-refractivity contribution is -0.0418. The Bertz CT molecular complexity index is 1200. The van der Waals surface area contributed by atoms with Gasteiger partial charge in [-0.1, -0.05) is 11.6 Å². The molecule has 3 heterocycles. The molecular weight excluding hydrogens is 449 g/mol. The number of nitrogens with two attached hydrogens (primary N) is 1. The van der Waals surface area contributed by atoms with Crippen molar-refractivity contribution in [3.8, 4) is 0 Å². The normalized spacial score (nSPS) is 32.2. The topological polar surface area (TPSA) is 102 Å². The second-order valence-electron chi connectivity index (χ2n) is 9.98. The molecule has 0 radical (unpaired) electrons. The van der Waals surface area contributed by atoms with E-state index in [0.717, 1.165) is 18.8 Å². The van der Waals surface area contributed by atoms with Gasteiger partial charge in [0.05, 0.1) is 34.6 Å². The van der Waals surface area contributed by atoms with Gasteiger partial charge in [0, 0.05) is 6.54 Å². The van der Waals surface area contributed by atoms with Crippen molar-refractivity contribution in [2.75, 3.05) is 24.1 Å². The molecule has 174 valence electrons. The zero-order valence-corrected chi connectivity index (χ0v) is 19.0. The molecule has 0 bridgehead atoms. The van der Waals surface area contributed by atoms with Crippen LogP contribution < -0.4 is 11.1 Å². The number of nitrogens with one attached hydrogen (secondary N) is 1. The van der Waals surface area contributed by atoms with E-state index in [1.54, 1.807) is 11.0 Å². The third-order valence-corrected chi connectivity index (χ3v) is 8.37. The number of ether oxygens (including phenoxy) is 1. The average molecular weight is 474 g/mol. The maximum absolute atomic E-state index is 15.1. The Morgan fingerprint density at radius 2 is 2.21 bits per heavy atom. The van der Waals surface area contributed by atoms with Gasteiger partial charge in [0.15, 0.2) is 11.4 Å². The van der Waals surface area contributed by atoms with Crippen LogP contribution in [0.1, 0.15) is 54.9 Å². The van der Waals surface area contributed by atoms with Crippen LogP contribution >= 0.6 is 11.6 Å². The number of fused-ring (bicyclic) bond motifs is 3. The van der Waals surface area contributed by atoms with Crippen LogP contribution in [0.25, 0.3) is 0 Å². The first-order valence-electron chi connectivity index (χ1n) is 11.4. The Kier molecular flexibility index (Phi) is 4.31. The quantitative estimate of drug-likeness (QED) is 0.683. The molecule has 1 unspecified atom stereocenters. The fourth-order valence-electron chi connectivity index (χ4n) is 6.30. The predicted molar refractivity (Wildman–Crippen MR) is 119 cm³/mol. The maximum atomic E-state index is 15.1. The molecular formula is C23H25ClFN5O3. The summed E-state index contributed by atoms with van der Waals surface area (Å²) < 4.78 is 22.6. The van der Waals surface area contributed by atoms with Gasteiger partial charge in [0.25, 0.3) is 5.91 Å². The third kappa shape index (κ3) is 2.90. The van der Waals surface area contributed by atoms with E-state index in [1.807, 2.05) is 4.68 Å². The number of aromatic nitrogens is 2. The second kappa shape index (κ2) is 6.85. The van der Waals surface area contributed by atoms with Gasteiger partial charge in [-0.3, -0.25) is 10.1 Å². The van der Waals surface area contributed by atoms with Crippen LogP contribution in [0.2, 0.25) is 5.02 Å². The van der Waals surface area contributed by atoms with Crippen molar-refractivity contribution in [3.63, 3.8) is 0 Å². The van der Waals surface area contributed by atoms with E-state index in [2.05, 4.69) is 17.3 Å². The lowest BCUT2D eigenvalue weighted by Gasteiger charge is -2.45. The lowest BCUT2D eigenvalue weighted by atomic mass is 9.83. The van der Waals surface area contributed by atoms with Gasteiger partial charge in [0.2, 0.25) is 0 Å². The molecule has 1 spiro atoms. The molecule has 8 nitrogen and oxygen atoms in total. The van der Waals surface area contributed by atoms with Gasteiger partial charge in [-0.2, -0.15) is 5.10 Å². The molecule has 4 atom stereocenters. The molecule has 4 aliphatic rings. The number of anilines is 2. The molecule has 3 N–H and O–H groups in total. The minimum absolute atomic E-state index is 0.0100. The van der Waals surface area contributed by atoms with E-state index in [4.69, 9.17) is 22.1 Å². The van der Waals surface area contributed by atoms with Crippen molar-refractivity contribution < 1.29 is 18.7 Å². The van der Waals surface area contributed by atoms with Crippen LogP contribution in [0.4, 0.5) is 20.7 Å². The highest BCUT2D eigenvalue weighted by Gasteiger charge is 2.57. The molecule has 1 saturated heterocycles. The minimum Gasteiger partial charge on any atom is -0.436 e. The number of piperidine rings is 1. The van der Waals surface area contributed by atoms with Crippen molar-refractivity contribution in [1.29, 1.82) is 0 Å². The summed E-state index contributed by atoms with van der Waals surface area (Å²) in [4.78, 5) is 27.4. The van der Waals surface area contributed by atoms with Crippen molar-refractivity contribution >= 4 is 35.1 Å². The molecule has 2 saturated carbocycles. The number of carbonyl (C=O) groups excluding carboxylic acids is 2. The molecule has 1 aromatic heterocycles. The van der Waals surface area contributed by atoms with Crippen LogP contribution in [0, 0.1) is 17.7 Å². The number of benzene rings is 1. The van der Waals surface area contributed by atoms with Crippen molar-refractivity contribution in [2.24, 2.45) is 11.8 Å². The summed E-state index contributed by atoms with van der Waals surface area (Å²) in [5.74, 6) is 0.691. The number of hydrogen-bond donors (Lipinski definition) is 2. The van der Waals surface area contributed by atoms with Crippen molar-refractivity contribution in [3.05, 3.63) is 40.3 Å². The first-order chi connectivity index (χ1) is 15.7. The zero-order chi connectivity index (χ0) is 23.1. The Labute approximate surface area is 195 Å². The van der Waals surface area contributed by atoms with E-state index in [0.29, 0.717) is 42.4 Å². The smallest absolute Gasteiger partial charge is 0.412 e. The molecule has 2 aromatic rings. The zero-order valence-electron chi connectivity index (χ0n) is 18.2. The minimum atomic E-state index is -1.32. The fraction of sp³-hybridized carbons (Fsp3) is 0.522. The molecule has 3 fully saturated rings. The summed E-state index contributed by atoms with van der Waals surface area (Å²) >= 11 is 6.04. The van der Waals surface area contributed by atoms with E-state index < -0.39 is 17.5 Å². The van der Waals surface area contributed by atoms with Crippen LogP contribution in [0.5, 0.6) is 0 Å². The first kappa shape index (κ1) is 20.8. The highest BCUT2D eigenvalue weighted by molar-refractivity contribution is 6.31. The van der Waals surface area contributed by atoms with Crippen LogP contribution in [-0.2, 0) is 15.9 Å². The lowest BCUT2D eigenvalue weighted by Crippen LogP contribution is -2.53. The van der Waals surface area contributed by atoms with Gasteiger partial charge in [-0.15, -0.1) is 0 Å². The standard InChI is InChI=1S/C23H25ClFN5O3/c1-22(7-5-12-9-14(12)22)30-19(26)13(10-27-30)20(31)29-8-2-6-23(11-29)17-16(28-21(32)33-23)4-3-15(24)18(17)25/h3-4,10,12,14H,2,5-9,11,26H2,1H3,(H,28,32)/t12-,14+,22?,23+/m1/s1. The SMILES string of the molecule is CC1(n2ncc(C(=O)N3CCC[C@@]4(C3)OC(=O)Nc3ccc(Cl)c(F)c34)c2N)CC[C@@H]2C[C@@H]21. The summed E-state index contributed by atoms with van der Waals surface area (Å²) in [5.41, 5.74) is 5.77. The Balaban J connectivity index is 1.33. The highest BCUT2D eigenvalue weighted by Crippen LogP contribution is 2.61. The number of halogens is 2. The van der Waals surface area contributed by atoms with Crippen molar-refractivity contribution in [1.82, 2.24) is 14.7 Å². The van der Waals surface area contributed by atoms with Gasteiger partial charge in [-0.25, -0.2) is 13.9 Å². The number of carbonyl (C=O) groups is 2. The number of rotatable bonds is 2. The molecule has 1 aromatic carbocycles. The summed E-state index contributed by atoms with van der Waals surface area (Å²) in [6.45, 7) is 2.61.